The minimum Gasteiger partial charge on any atom is -0.369 e. The van der Waals surface area contributed by atoms with Gasteiger partial charge in [-0.1, -0.05) is 6.07 Å². The summed E-state index contributed by atoms with van der Waals surface area (Å²) in [5.41, 5.74) is 0.198. The highest BCUT2D eigenvalue weighted by Crippen LogP contribution is 2.38. The van der Waals surface area contributed by atoms with E-state index >= 15 is 0 Å². The Kier molecular flexibility index (Phi) is 4.33. The average Bonchev–Trinajstić information content (AvgIpc) is 2.38. The predicted molar refractivity (Wildman–Crippen MR) is 70.5 cm³/mol. The summed E-state index contributed by atoms with van der Waals surface area (Å²) in [7, 11) is 0. The number of alkyl halides is 4. The standard InChI is InChI=1S/C12H13ClF3NS/c13-8-9-1-2-11(10(7-9)12(14,15)16)17-3-5-18-6-4-17/h1-2,7H,3-6,8H2. The molecule has 1 aliphatic heterocycles. The second-order valence-corrected chi connectivity index (χ2v) is 5.57. The van der Waals surface area contributed by atoms with Crippen molar-refractivity contribution in [2.24, 2.45) is 0 Å². The maximum absolute atomic E-state index is 13.0. The Hall–Kier alpha value is -0.550. The largest absolute Gasteiger partial charge is 0.418 e. The van der Waals surface area contributed by atoms with Gasteiger partial charge in [0.2, 0.25) is 0 Å². The van der Waals surface area contributed by atoms with Gasteiger partial charge in [-0.2, -0.15) is 24.9 Å². The topological polar surface area (TPSA) is 3.24 Å². The van der Waals surface area contributed by atoms with Crippen LogP contribution in [0.15, 0.2) is 18.2 Å². The van der Waals surface area contributed by atoms with Gasteiger partial charge in [-0.05, 0) is 17.7 Å². The van der Waals surface area contributed by atoms with Crippen LogP contribution in [0.2, 0.25) is 0 Å². The van der Waals surface area contributed by atoms with Crippen LogP contribution in [-0.4, -0.2) is 24.6 Å². The van der Waals surface area contributed by atoms with Gasteiger partial charge in [0, 0.05) is 36.2 Å². The zero-order valence-corrected chi connectivity index (χ0v) is 11.2. The van der Waals surface area contributed by atoms with Gasteiger partial charge in [-0.25, -0.2) is 0 Å². The lowest BCUT2D eigenvalue weighted by Crippen LogP contribution is -2.34. The van der Waals surface area contributed by atoms with E-state index < -0.39 is 11.7 Å². The number of anilines is 1. The van der Waals surface area contributed by atoms with E-state index in [1.54, 1.807) is 22.7 Å². The van der Waals surface area contributed by atoms with Gasteiger partial charge in [0.1, 0.15) is 0 Å². The molecule has 0 aliphatic carbocycles. The molecule has 1 nitrogen and oxygen atoms in total. The van der Waals surface area contributed by atoms with Crippen LogP contribution >= 0.6 is 23.4 Å². The molecule has 1 aromatic rings. The molecule has 0 radical (unpaired) electrons. The molecule has 0 saturated carbocycles. The summed E-state index contributed by atoms with van der Waals surface area (Å²) in [5, 5.41) is 0. The second kappa shape index (κ2) is 5.61. The number of benzene rings is 1. The first-order valence-electron chi connectivity index (χ1n) is 5.61. The molecule has 1 heterocycles. The maximum Gasteiger partial charge on any atom is 0.418 e. The minimum absolute atomic E-state index is 0.0964. The monoisotopic (exact) mass is 295 g/mol. The molecule has 0 spiro atoms. The first-order valence-corrected chi connectivity index (χ1v) is 7.30. The van der Waals surface area contributed by atoms with E-state index in [1.165, 1.54) is 6.07 Å². The van der Waals surface area contributed by atoms with Gasteiger partial charge < -0.3 is 4.90 Å². The molecule has 0 unspecified atom stereocenters. The fourth-order valence-electron chi connectivity index (χ4n) is 1.97. The zero-order chi connectivity index (χ0) is 13.2. The first kappa shape index (κ1) is 13.9. The maximum atomic E-state index is 13.0. The van der Waals surface area contributed by atoms with Crippen molar-refractivity contribution in [3.63, 3.8) is 0 Å². The highest BCUT2D eigenvalue weighted by atomic mass is 35.5. The molecule has 0 atom stereocenters. The highest BCUT2D eigenvalue weighted by Gasteiger charge is 2.35. The molecule has 18 heavy (non-hydrogen) atoms. The van der Waals surface area contributed by atoms with Crippen molar-refractivity contribution in [2.75, 3.05) is 29.5 Å². The number of nitrogens with zero attached hydrogens (tertiary/aromatic N) is 1. The molecule has 100 valence electrons. The summed E-state index contributed by atoms with van der Waals surface area (Å²) in [6.07, 6.45) is -4.33. The molecule has 1 saturated heterocycles. The molecule has 2 rings (SSSR count). The lowest BCUT2D eigenvalue weighted by Gasteiger charge is -2.31. The zero-order valence-electron chi connectivity index (χ0n) is 9.63. The number of rotatable bonds is 2. The van der Waals surface area contributed by atoms with Crippen LogP contribution in [0.4, 0.5) is 18.9 Å². The van der Waals surface area contributed by atoms with Crippen molar-refractivity contribution in [3.05, 3.63) is 29.3 Å². The summed E-state index contributed by atoms with van der Waals surface area (Å²) >= 11 is 7.37. The Morgan fingerprint density at radius 3 is 2.44 bits per heavy atom. The van der Waals surface area contributed by atoms with Crippen LogP contribution in [0.3, 0.4) is 0 Å². The third-order valence-corrected chi connectivity index (χ3v) is 4.12. The molecule has 1 aliphatic rings. The summed E-state index contributed by atoms with van der Waals surface area (Å²) in [6, 6.07) is 4.36. The second-order valence-electron chi connectivity index (χ2n) is 4.08. The minimum atomic E-state index is -4.33. The van der Waals surface area contributed by atoms with Crippen LogP contribution < -0.4 is 4.90 Å². The van der Waals surface area contributed by atoms with Crippen LogP contribution in [0, 0.1) is 0 Å². The quantitative estimate of drug-likeness (QED) is 0.759. The lowest BCUT2D eigenvalue weighted by molar-refractivity contribution is -0.137. The normalized spacial score (nSPS) is 17.0. The van der Waals surface area contributed by atoms with Crippen molar-refractivity contribution >= 4 is 29.1 Å². The van der Waals surface area contributed by atoms with Crippen LogP contribution in [0.5, 0.6) is 0 Å². The third-order valence-electron chi connectivity index (χ3n) is 2.87. The van der Waals surface area contributed by atoms with E-state index in [0.29, 0.717) is 18.7 Å². The fraction of sp³-hybridized carbons (Fsp3) is 0.500. The van der Waals surface area contributed by atoms with Crippen molar-refractivity contribution in [3.8, 4) is 0 Å². The summed E-state index contributed by atoms with van der Waals surface area (Å²) in [6.45, 7) is 1.32. The molecular formula is C12H13ClF3NS. The molecular weight excluding hydrogens is 283 g/mol. The van der Waals surface area contributed by atoms with E-state index in [0.717, 1.165) is 17.6 Å². The van der Waals surface area contributed by atoms with Gasteiger partial charge in [0.15, 0.2) is 0 Å². The first-order chi connectivity index (χ1) is 8.52. The van der Waals surface area contributed by atoms with Gasteiger partial charge in [0.25, 0.3) is 0 Å². The van der Waals surface area contributed by atoms with Gasteiger partial charge in [-0.3, -0.25) is 0 Å². The summed E-state index contributed by atoms with van der Waals surface area (Å²) < 4.78 is 39.1. The number of hydrogen-bond acceptors (Lipinski definition) is 2. The van der Waals surface area contributed by atoms with Crippen LogP contribution in [0.25, 0.3) is 0 Å². The highest BCUT2D eigenvalue weighted by molar-refractivity contribution is 7.99. The predicted octanol–water partition coefficient (Wildman–Crippen LogP) is 4.00. The van der Waals surface area contributed by atoms with Crippen molar-refractivity contribution in [1.29, 1.82) is 0 Å². The average molecular weight is 296 g/mol. The fourth-order valence-corrected chi connectivity index (χ4v) is 3.04. The SMILES string of the molecule is FC(F)(F)c1cc(CCl)ccc1N1CCSCC1. The van der Waals surface area contributed by atoms with Crippen LogP contribution in [-0.2, 0) is 12.1 Å². The number of hydrogen-bond donors (Lipinski definition) is 0. The van der Waals surface area contributed by atoms with Gasteiger partial charge >= 0.3 is 6.18 Å². The van der Waals surface area contributed by atoms with Crippen molar-refractivity contribution in [1.82, 2.24) is 0 Å². The van der Waals surface area contributed by atoms with E-state index in [4.69, 9.17) is 11.6 Å². The van der Waals surface area contributed by atoms with E-state index in [1.807, 2.05) is 0 Å². The molecule has 0 N–H and O–H groups in total. The summed E-state index contributed by atoms with van der Waals surface area (Å²) in [5.74, 6) is 1.84. The summed E-state index contributed by atoms with van der Waals surface area (Å²) in [4.78, 5) is 1.80. The smallest absolute Gasteiger partial charge is 0.369 e. The lowest BCUT2D eigenvalue weighted by atomic mass is 10.1. The van der Waals surface area contributed by atoms with Crippen molar-refractivity contribution < 1.29 is 13.2 Å². The Morgan fingerprint density at radius 2 is 1.89 bits per heavy atom. The Bertz CT molecular complexity index is 416. The number of thioether (sulfide) groups is 1. The van der Waals surface area contributed by atoms with Crippen LogP contribution in [0.1, 0.15) is 11.1 Å². The molecule has 1 fully saturated rings. The van der Waals surface area contributed by atoms with E-state index in [9.17, 15) is 13.2 Å². The molecule has 1 aromatic carbocycles. The molecule has 0 bridgehead atoms. The van der Waals surface area contributed by atoms with Crippen molar-refractivity contribution in [2.45, 2.75) is 12.1 Å². The molecule has 6 heteroatoms. The number of halogens is 4. The van der Waals surface area contributed by atoms with Gasteiger partial charge in [-0.15, -0.1) is 11.6 Å². The Morgan fingerprint density at radius 1 is 1.22 bits per heavy atom. The van der Waals surface area contributed by atoms with E-state index in [2.05, 4.69) is 0 Å². The third kappa shape index (κ3) is 3.06. The Labute approximate surface area is 113 Å². The molecule has 0 amide bonds. The van der Waals surface area contributed by atoms with E-state index in [-0.39, 0.29) is 11.6 Å². The Balaban J connectivity index is 2.38. The van der Waals surface area contributed by atoms with Gasteiger partial charge in [0.05, 0.1) is 5.56 Å². The molecule has 0 aromatic heterocycles.